The highest BCUT2D eigenvalue weighted by molar-refractivity contribution is 7.98. The summed E-state index contributed by atoms with van der Waals surface area (Å²) < 4.78 is 16.4. The maximum atomic E-state index is 13.4. The topological polar surface area (TPSA) is 85.6 Å². The molecular formula is C20H18FN5O2S. The molecule has 9 heteroatoms. The lowest BCUT2D eigenvalue weighted by Crippen LogP contribution is -2.23. The molecular weight excluding hydrogens is 393 g/mol. The van der Waals surface area contributed by atoms with Gasteiger partial charge in [0, 0.05) is 6.54 Å². The van der Waals surface area contributed by atoms with Crippen molar-refractivity contribution < 1.29 is 4.39 Å². The lowest BCUT2D eigenvalue weighted by atomic mass is 10.2. The molecule has 0 fully saturated rings. The van der Waals surface area contributed by atoms with Gasteiger partial charge in [0.05, 0.1) is 22.3 Å². The van der Waals surface area contributed by atoms with Gasteiger partial charge >= 0.3 is 5.69 Å². The number of aromatic nitrogens is 5. The van der Waals surface area contributed by atoms with E-state index in [1.807, 2.05) is 13.0 Å². The van der Waals surface area contributed by atoms with Crippen molar-refractivity contribution in [2.24, 2.45) is 0 Å². The molecule has 1 N–H and O–H groups in total. The van der Waals surface area contributed by atoms with Gasteiger partial charge in [-0.2, -0.15) is 0 Å². The van der Waals surface area contributed by atoms with Crippen LogP contribution in [-0.2, 0) is 12.3 Å². The number of para-hydroxylation sites is 1. The van der Waals surface area contributed by atoms with Crippen LogP contribution in [0.1, 0.15) is 19.2 Å². The van der Waals surface area contributed by atoms with Gasteiger partial charge in [-0.15, -0.1) is 5.10 Å². The number of halogens is 1. The van der Waals surface area contributed by atoms with Crippen LogP contribution in [0.4, 0.5) is 4.39 Å². The van der Waals surface area contributed by atoms with Gasteiger partial charge in [-0.25, -0.2) is 19.3 Å². The first-order valence-electron chi connectivity index (χ1n) is 9.13. The van der Waals surface area contributed by atoms with Crippen molar-refractivity contribution in [3.05, 3.63) is 81.0 Å². The number of aromatic amines is 1. The summed E-state index contributed by atoms with van der Waals surface area (Å²) in [4.78, 5) is 29.7. The minimum atomic E-state index is -0.383. The Labute approximate surface area is 169 Å². The molecule has 0 unspecified atom stereocenters. The van der Waals surface area contributed by atoms with E-state index in [2.05, 4.69) is 15.2 Å². The van der Waals surface area contributed by atoms with Gasteiger partial charge in [-0.05, 0) is 42.8 Å². The summed E-state index contributed by atoms with van der Waals surface area (Å²) in [7, 11) is 0. The monoisotopic (exact) mass is 411 g/mol. The molecule has 4 rings (SSSR count). The van der Waals surface area contributed by atoms with E-state index < -0.39 is 0 Å². The zero-order valence-electron chi connectivity index (χ0n) is 15.6. The molecule has 2 aromatic carbocycles. The van der Waals surface area contributed by atoms with Crippen LogP contribution < -0.4 is 11.2 Å². The van der Waals surface area contributed by atoms with Crippen molar-refractivity contribution >= 4 is 22.7 Å². The summed E-state index contributed by atoms with van der Waals surface area (Å²) in [6.07, 6.45) is 0.793. The van der Waals surface area contributed by atoms with E-state index in [1.54, 1.807) is 34.9 Å². The zero-order chi connectivity index (χ0) is 20.4. The van der Waals surface area contributed by atoms with Crippen LogP contribution in [0, 0.1) is 5.82 Å². The number of nitrogens with zero attached hydrogens (tertiary/aromatic N) is 4. The number of benzene rings is 2. The van der Waals surface area contributed by atoms with Gasteiger partial charge in [-0.3, -0.25) is 13.9 Å². The molecule has 29 heavy (non-hydrogen) atoms. The second-order valence-corrected chi connectivity index (χ2v) is 7.36. The third-order valence-electron chi connectivity index (χ3n) is 4.43. The third kappa shape index (κ3) is 3.73. The molecule has 0 atom stereocenters. The second-order valence-electron chi connectivity index (χ2n) is 6.41. The molecule has 0 spiro atoms. The summed E-state index contributed by atoms with van der Waals surface area (Å²) in [6.45, 7) is 2.53. The molecule has 0 saturated heterocycles. The quantitative estimate of drug-likeness (QED) is 0.493. The number of hydrogen-bond donors (Lipinski definition) is 1. The lowest BCUT2D eigenvalue weighted by Gasteiger charge is -2.13. The molecule has 0 radical (unpaired) electrons. The number of rotatable bonds is 6. The molecule has 2 aromatic heterocycles. The number of thioether (sulfide) groups is 1. The van der Waals surface area contributed by atoms with E-state index in [-0.39, 0.29) is 17.1 Å². The van der Waals surface area contributed by atoms with E-state index in [4.69, 9.17) is 0 Å². The largest absolute Gasteiger partial charge is 0.343 e. The first kappa shape index (κ1) is 19.1. The average Bonchev–Trinajstić information content (AvgIpc) is 3.07. The van der Waals surface area contributed by atoms with E-state index >= 15 is 0 Å². The SMILES string of the molecule is CCCn1c(SCc2nc3ccccc3c(=O)n2-c2ccc(F)cc2)n[nH]c1=O. The van der Waals surface area contributed by atoms with Gasteiger partial charge in [0.2, 0.25) is 0 Å². The van der Waals surface area contributed by atoms with Crippen LogP contribution in [0.25, 0.3) is 16.6 Å². The first-order valence-corrected chi connectivity index (χ1v) is 10.1. The highest BCUT2D eigenvalue weighted by atomic mass is 32.2. The molecule has 0 aliphatic carbocycles. The fourth-order valence-electron chi connectivity index (χ4n) is 3.10. The van der Waals surface area contributed by atoms with Crippen molar-refractivity contribution in [3.63, 3.8) is 0 Å². The van der Waals surface area contributed by atoms with Crippen LogP contribution in [0.3, 0.4) is 0 Å². The molecule has 0 aliphatic rings. The Bertz CT molecular complexity index is 1280. The van der Waals surface area contributed by atoms with E-state index in [0.29, 0.717) is 39.9 Å². The summed E-state index contributed by atoms with van der Waals surface area (Å²) in [6, 6.07) is 12.8. The predicted octanol–water partition coefficient (Wildman–Crippen LogP) is 3.11. The molecule has 7 nitrogen and oxygen atoms in total. The van der Waals surface area contributed by atoms with Crippen LogP contribution >= 0.6 is 11.8 Å². The Balaban J connectivity index is 1.80. The number of hydrogen-bond acceptors (Lipinski definition) is 5. The van der Waals surface area contributed by atoms with Crippen molar-refractivity contribution in [2.45, 2.75) is 30.8 Å². The molecule has 148 valence electrons. The predicted molar refractivity (Wildman–Crippen MR) is 110 cm³/mol. The average molecular weight is 411 g/mol. The molecule has 0 saturated carbocycles. The van der Waals surface area contributed by atoms with Crippen molar-refractivity contribution in [1.82, 2.24) is 24.3 Å². The minimum absolute atomic E-state index is 0.231. The second kappa shape index (κ2) is 8.04. The summed E-state index contributed by atoms with van der Waals surface area (Å²) in [5.74, 6) is 0.418. The lowest BCUT2D eigenvalue weighted by molar-refractivity contribution is 0.603. The minimum Gasteiger partial charge on any atom is -0.270 e. The summed E-state index contributed by atoms with van der Waals surface area (Å²) in [5, 5.41) is 7.54. The normalized spacial score (nSPS) is 11.2. The Hall–Kier alpha value is -3.20. The highest BCUT2D eigenvalue weighted by Gasteiger charge is 2.15. The Morgan fingerprint density at radius 1 is 1.10 bits per heavy atom. The zero-order valence-corrected chi connectivity index (χ0v) is 16.4. The molecule has 4 aromatic rings. The van der Waals surface area contributed by atoms with E-state index in [1.165, 1.54) is 28.5 Å². The van der Waals surface area contributed by atoms with Gasteiger partial charge in [0.1, 0.15) is 11.6 Å². The third-order valence-corrected chi connectivity index (χ3v) is 5.40. The number of H-pyrrole nitrogens is 1. The van der Waals surface area contributed by atoms with Crippen LogP contribution in [0.2, 0.25) is 0 Å². The fourth-order valence-corrected chi connectivity index (χ4v) is 3.99. The van der Waals surface area contributed by atoms with Gasteiger partial charge in [-0.1, -0.05) is 30.8 Å². The van der Waals surface area contributed by atoms with Crippen LogP contribution in [0.5, 0.6) is 0 Å². The Morgan fingerprint density at radius 2 is 1.86 bits per heavy atom. The van der Waals surface area contributed by atoms with Crippen LogP contribution in [-0.4, -0.2) is 24.3 Å². The maximum absolute atomic E-state index is 13.4. The summed E-state index contributed by atoms with van der Waals surface area (Å²) >= 11 is 1.31. The standard InChI is InChI=1S/C20H18FN5O2S/c1-2-11-25-19(28)23-24-20(25)29-12-17-22-16-6-4-3-5-15(16)18(27)26(17)14-9-7-13(21)8-10-14/h3-10H,2,11-12H2,1H3,(H,23,28). The smallest absolute Gasteiger partial charge is 0.270 e. The van der Waals surface area contributed by atoms with Crippen molar-refractivity contribution in [2.75, 3.05) is 0 Å². The fraction of sp³-hybridized carbons (Fsp3) is 0.200. The summed E-state index contributed by atoms with van der Waals surface area (Å²) in [5.41, 5.74) is 0.611. The molecule has 0 amide bonds. The van der Waals surface area contributed by atoms with Crippen molar-refractivity contribution in [1.29, 1.82) is 0 Å². The van der Waals surface area contributed by atoms with Gasteiger partial charge in [0.25, 0.3) is 5.56 Å². The highest BCUT2D eigenvalue weighted by Crippen LogP contribution is 2.22. The first-order chi connectivity index (χ1) is 14.1. The van der Waals surface area contributed by atoms with Crippen molar-refractivity contribution in [3.8, 4) is 5.69 Å². The van der Waals surface area contributed by atoms with Gasteiger partial charge < -0.3 is 0 Å². The van der Waals surface area contributed by atoms with Gasteiger partial charge in [0.15, 0.2) is 5.16 Å². The molecule has 2 heterocycles. The molecule has 0 aliphatic heterocycles. The Kier molecular flexibility index (Phi) is 5.30. The van der Waals surface area contributed by atoms with E-state index in [0.717, 1.165) is 6.42 Å². The number of nitrogens with one attached hydrogen (secondary N) is 1. The Morgan fingerprint density at radius 3 is 2.62 bits per heavy atom. The van der Waals surface area contributed by atoms with E-state index in [9.17, 15) is 14.0 Å². The maximum Gasteiger partial charge on any atom is 0.343 e. The molecule has 0 bridgehead atoms. The number of fused-ring (bicyclic) bond motifs is 1. The van der Waals surface area contributed by atoms with Crippen LogP contribution in [0.15, 0.2) is 63.3 Å².